The van der Waals surface area contributed by atoms with E-state index in [2.05, 4.69) is 15.9 Å². The molecule has 0 bridgehead atoms. The number of nitrogens with two attached hydrogens (primary N) is 1. The maximum Gasteiger partial charge on any atom is 0.217 e. The highest BCUT2D eigenvalue weighted by Crippen LogP contribution is 2.33. The van der Waals surface area contributed by atoms with Gasteiger partial charge >= 0.3 is 0 Å². The summed E-state index contributed by atoms with van der Waals surface area (Å²) in [4.78, 5) is 11.6. The maximum absolute atomic E-state index is 12.5. The van der Waals surface area contributed by atoms with Crippen LogP contribution in [0.25, 0.3) is 0 Å². The summed E-state index contributed by atoms with van der Waals surface area (Å²) in [5.74, 6) is -1.09. The number of carbonyl (C=O) groups is 1. The van der Waals surface area contributed by atoms with Crippen molar-refractivity contribution in [2.24, 2.45) is 16.9 Å². The van der Waals surface area contributed by atoms with E-state index >= 15 is 0 Å². The lowest BCUT2D eigenvalue weighted by Gasteiger charge is -2.49. The monoisotopic (exact) mass is 567 g/mol. The van der Waals surface area contributed by atoms with Gasteiger partial charge < -0.3 is 66.2 Å². The normalized spacial score (nSPS) is 37.2. The lowest BCUT2D eigenvalue weighted by atomic mass is 9.89. The van der Waals surface area contributed by atoms with Gasteiger partial charge in [-0.25, -0.2) is 0 Å². The first kappa shape index (κ1) is 33.3. The van der Waals surface area contributed by atoms with Gasteiger partial charge in [-0.15, -0.1) is 5.01 Å². The molecule has 17 heteroatoms. The molecular formula is C22H43N6O11-. The lowest BCUT2D eigenvalue weighted by Crippen LogP contribution is -2.69. The summed E-state index contributed by atoms with van der Waals surface area (Å²) in [6.07, 6.45) is -9.07. The minimum atomic E-state index is -1.65. The fraction of sp³-hybridized carbons (Fsp3) is 0.955. The number of aliphatic hydroxyl groups excluding tert-OH is 4. The molecule has 2 rings (SSSR count). The molecule has 228 valence electrons. The zero-order chi connectivity index (χ0) is 29.4. The molecule has 0 aromatic rings. The quantitative estimate of drug-likeness (QED) is 0.0654. The number of nitrogens with one attached hydrogen (secondary N) is 2. The van der Waals surface area contributed by atoms with Crippen LogP contribution in [0.15, 0.2) is 5.28 Å². The third kappa shape index (κ3) is 8.29. The second-order valence-corrected chi connectivity index (χ2v) is 10.1. The van der Waals surface area contributed by atoms with Gasteiger partial charge in [0, 0.05) is 43.5 Å². The van der Waals surface area contributed by atoms with Crippen LogP contribution in [0.5, 0.6) is 0 Å². The first-order valence-corrected chi connectivity index (χ1v) is 12.8. The van der Waals surface area contributed by atoms with Crippen molar-refractivity contribution >= 4 is 5.91 Å². The molecule has 0 aromatic carbocycles. The van der Waals surface area contributed by atoms with E-state index in [1.165, 1.54) is 14.0 Å². The van der Waals surface area contributed by atoms with Crippen LogP contribution in [0.3, 0.4) is 0 Å². The van der Waals surface area contributed by atoms with Gasteiger partial charge in [-0.2, -0.15) is 0 Å². The van der Waals surface area contributed by atoms with Crippen molar-refractivity contribution in [3.05, 3.63) is 10.4 Å². The summed E-state index contributed by atoms with van der Waals surface area (Å²) in [5, 5.41) is 74.9. The minimum Gasteiger partial charge on any atom is -0.737 e. The van der Waals surface area contributed by atoms with Crippen LogP contribution in [0, 0.1) is 16.3 Å². The zero-order valence-corrected chi connectivity index (χ0v) is 22.8. The molecule has 2 heterocycles. The van der Waals surface area contributed by atoms with Crippen LogP contribution in [0.1, 0.15) is 27.7 Å². The molecule has 17 nitrogen and oxygen atoms in total. The van der Waals surface area contributed by atoms with Crippen molar-refractivity contribution in [3.8, 4) is 0 Å². The van der Waals surface area contributed by atoms with Crippen LogP contribution >= 0.6 is 0 Å². The molecule has 39 heavy (non-hydrogen) atoms. The molecule has 2 saturated heterocycles. The topological polar surface area (TPSA) is 250 Å². The molecule has 12 atom stereocenters. The molecule has 0 aliphatic carbocycles. The largest absolute Gasteiger partial charge is 0.737 e. The molecule has 1 amide bonds. The number of nitrogens with zero attached hydrogens (tertiary/aromatic N) is 3. The van der Waals surface area contributed by atoms with Gasteiger partial charge in [0.05, 0.1) is 32.0 Å². The Bertz CT molecular complexity index is 796. The molecule has 6 unspecified atom stereocenters. The second kappa shape index (κ2) is 15.2. The first-order valence-electron chi connectivity index (χ1n) is 12.8. The molecule has 0 aromatic heterocycles. The first-order chi connectivity index (χ1) is 18.4. The predicted octanol–water partition coefficient (Wildman–Crippen LogP) is -3.31. The number of methoxy groups -OCH3 is 1. The molecule has 2 aliphatic rings. The van der Waals surface area contributed by atoms with Gasteiger partial charge in [0.15, 0.2) is 18.6 Å². The van der Waals surface area contributed by atoms with Crippen LogP contribution < -0.4 is 16.4 Å². The van der Waals surface area contributed by atoms with Gasteiger partial charge in [0.25, 0.3) is 0 Å². The highest BCUT2D eigenvalue weighted by Gasteiger charge is 2.54. The third-order valence-corrected chi connectivity index (χ3v) is 6.87. The van der Waals surface area contributed by atoms with E-state index in [0.29, 0.717) is 6.54 Å². The van der Waals surface area contributed by atoms with Crippen molar-refractivity contribution in [1.29, 1.82) is 0 Å². The van der Waals surface area contributed by atoms with Crippen LogP contribution in [0.2, 0.25) is 0 Å². The van der Waals surface area contributed by atoms with Gasteiger partial charge in [-0.05, 0) is 19.1 Å². The summed E-state index contributed by atoms with van der Waals surface area (Å²) in [6, 6.07) is -3.09. The van der Waals surface area contributed by atoms with Crippen LogP contribution in [-0.4, -0.2) is 137 Å². The van der Waals surface area contributed by atoms with E-state index in [4.69, 9.17) is 24.7 Å². The Kier molecular flexibility index (Phi) is 12.9. The van der Waals surface area contributed by atoms with Gasteiger partial charge in [-0.1, -0.05) is 6.92 Å². The van der Waals surface area contributed by atoms with Gasteiger partial charge in [0.1, 0.15) is 24.4 Å². The average molecular weight is 568 g/mol. The van der Waals surface area contributed by atoms with Crippen molar-refractivity contribution in [3.63, 3.8) is 0 Å². The highest BCUT2D eigenvalue weighted by molar-refractivity contribution is 5.73. The number of hydrazine groups is 1. The van der Waals surface area contributed by atoms with E-state index in [-0.39, 0.29) is 17.6 Å². The van der Waals surface area contributed by atoms with Crippen LogP contribution in [0.4, 0.5) is 0 Å². The Morgan fingerprint density at radius 1 is 1.18 bits per heavy atom. The standard InChI is InChI=1S/C22H44N6O11/c1-10(23)6-24-11(2)7-27(28(35)26-34)17-19(33)20(15(9-30)38-22(17)36-5)39-21-16(25-13(4)31)18(32)12(3)14(8-29)37-21/h10-12,14-22,24,29-30,32-34H,6-9,23H2,1-5H3,(H,25,31)/p-1/b28-26-/t10?,11?,12-,14?,15?,16?,17?,18+,19-,20-,21+,22-/m1/s1. The second-order valence-electron chi connectivity index (χ2n) is 10.1. The number of carbonyl (C=O) groups excluding carboxylic acids is 1. The fourth-order valence-electron chi connectivity index (χ4n) is 4.77. The van der Waals surface area contributed by atoms with E-state index < -0.39 is 86.3 Å². The Morgan fingerprint density at radius 3 is 2.31 bits per heavy atom. The van der Waals surface area contributed by atoms with Gasteiger partial charge in [0.2, 0.25) is 5.91 Å². The Morgan fingerprint density at radius 2 is 1.79 bits per heavy atom. The molecule has 0 radical (unpaired) electrons. The fourth-order valence-corrected chi connectivity index (χ4v) is 4.77. The maximum atomic E-state index is 12.5. The average Bonchev–Trinajstić information content (AvgIpc) is 2.90. The van der Waals surface area contributed by atoms with E-state index in [0.717, 1.165) is 5.01 Å². The van der Waals surface area contributed by atoms with E-state index in [9.17, 15) is 35.6 Å². The smallest absolute Gasteiger partial charge is 0.217 e. The Balaban J connectivity index is 2.40. The molecule has 0 spiro atoms. The minimum absolute atomic E-state index is 0.138. The van der Waals surface area contributed by atoms with Crippen molar-refractivity contribution < 1.29 is 49.1 Å². The molecule has 0 saturated carbocycles. The summed E-state index contributed by atoms with van der Waals surface area (Å²) in [6.45, 7) is 5.49. The SMILES string of the molecule is CO[C@@H]1OC(CO)[C@@H](O[C@@H]2OC(CO)[C@@H](C)[C@H](O)C2NC(C)=O)[C@H](O)C1N(CC(C)NCC(C)N)/[N+]([O-])=N/[O-]. The van der Waals surface area contributed by atoms with E-state index in [1.807, 2.05) is 0 Å². The lowest BCUT2D eigenvalue weighted by molar-refractivity contribution is -0.706. The molecule has 2 fully saturated rings. The summed E-state index contributed by atoms with van der Waals surface area (Å²) >= 11 is 0. The Labute approximate surface area is 227 Å². The summed E-state index contributed by atoms with van der Waals surface area (Å²) < 4.78 is 22.9. The summed E-state index contributed by atoms with van der Waals surface area (Å²) in [7, 11) is 1.25. The van der Waals surface area contributed by atoms with E-state index in [1.54, 1.807) is 20.8 Å². The van der Waals surface area contributed by atoms with Crippen LogP contribution in [-0.2, 0) is 23.7 Å². The van der Waals surface area contributed by atoms with Crippen molar-refractivity contribution in [2.45, 2.75) is 95.0 Å². The summed E-state index contributed by atoms with van der Waals surface area (Å²) in [5.41, 5.74) is 5.77. The molecule has 8 N–H and O–H groups in total. The molecule has 2 aliphatic heterocycles. The molecular weight excluding hydrogens is 524 g/mol. The predicted molar refractivity (Wildman–Crippen MR) is 133 cm³/mol. The third-order valence-electron chi connectivity index (χ3n) is 6.87. The number of amides is 1. The number of ether oxygens (including phenoxy) is 4. The number of aliphatic hydroxyl groups is 4. The van der Waals surface area contributed by atoms with Crippen molar-refractivity contribution in [2.75, 3.05) is 33.4 Å². The zero-order valence-electron chi connectivity index (χ0n) is 22.8. The Hall–Kier alpha value is -1.93. The highest BCUT2D eigenvalue weighted by atomic mass is 16.7. The van der Waals surface area contributed by atoms with Crippen molar-refractivity contribution in [1.82, 2.24) is 15.6 Å². The number of hydrogen-bond acceptors (Lipinski definition) is 14. The number of rotatable bonds is 13. The van der Waals surface area contributed by atoms with Gasteiger partial charge in [-0.3, -0.25) is 4.79 Å². The number of hydrogen-bond donors (Lipinski definition) is 7.